The molecular weight excluding hydrogens is 248 g/mol. The Hall–Kier alpha value is -1.42. The van der Waals surface area contributed by atoms with Crippen molar-refractivity contribution in [3.05, 3.63) is 29.3 Å². The zero-order chi connectivity index (χ0) is 12.5. The number of aromatic nitrogens is 4. The van der Waals surface area contributed by atoms with Gasteiger partial charge in [0.1, 0.15) is 5.15 Å². The van der Waals surface area contributed by atoms with E-state index < -0.39 is 0 Å². The van der Waals surface area contributed by atoms with E-state index in [-0.39, 0.29) is 0 Å². The summed E-state index contributed by atoms with van der Waals surface area (Å²) in [5, 5.41) is 4.81. The summed E-state index contributed by atoms with van der Waals surface area (Å²) in [6.45, 7) is 3.04. The number of rotatable bonds is 4. The lowest BCUT2D eigenvalue weighted by Gasteiger charge is -2.02. The minimum Gasteiger partial charge on any atom is -0.272 e. The Morgan fingerprint density at radius 3 is 2.94 bits per heavy atom. The molecule has 0 radical (unpaired) electrons. The van der Waals surface area contributed by atoms with Gasteiger partial charge in [-0.1, -0.05) is 18.5 Å². The molecule has 2 heterocycles. The van der Waals surface area contributed by atoms with Gasteiger partial charge >= 0.3 is 0 Å². The molecule has 1 fully saturated rings. The highest BCUT2D eigenvalue weighted by Crippen LogP contribution is 2.40. The summed E-state index contributed by atoms with van der Waals surface area (Å²) < 4.78 is 1.91. The third-order valence-electron chi connectivity index (χ3n) is 3.05. The first-order chi connectivity index (χ1) is 8.76. The molecule has 18 heavy (non-hydrogen) atoms. The highest BCUT2D eigenvalue weighted by molar-refractivity contribution is 6.29. The summed E-state index contributed by atoms with van der Waals surface area (Å²) in [6.07, 6.45) is 7.26. The zero-order valence-electron chi connectivity index (χ0n) is 10.3. The number of hydrogen-bond acceptors (Lipinski definition) is 3. The van der Waals surface area contributed by atoms with Crippen molar-refractivity contribution >= 4 is 11.6 Å². The Kier molecular flexibility index (Phi) is 3.04. The van der Waals surface area contributed by atoms with Crippen molar-refractivity contribution in [2.24, 2.45) is 0 Å². The van der Waals surface area contributed by atoms with Crippen molar-refractivity contribution in [1.82, 2.24) is 19.7 Å². The van der Waals surface area contributed by atoms with E-state index in [1.54, 1.807) is 6.20 Å². The second-order valence-electron chi connectivity index (χ2n) is 4.71. The molecule has 0 aromatic carbocycles. The highest BCUT2D eigenvalue weighted by atomic mass is 35.5. The van der Waals surface area contributed by atoms with Gasteiger partial charge in [0.05, 0.1) is 11.8 Å². The maximum atomic E-state index is 6.06. The van der Waals surface area contributed by atoms with Crippen LogP contribution in [-0.2, 0) is 6.54 Å². The molecule has 94 valence electrons. The Morgan fingerprint density at radius 2 is 2.22 bits per heavy atom. The van der Waals surface area contributed by atoms with Crippen LogP contribution >= 0.6 is 11.6 Å². The van der Waals surface area contributed by atoms with Crippen molar-refractivity contribution in [3.8, 4) is 11.4 Å². The van der Waals surface area contributed by atoms with Crippen molar-refractivity contribution < 1.29 is 0 Å². The van der Waals surface area contributed by atoms with Crippen LogP contribution in [0.2, 0.25) is 5.15 Å². The maximum Gasteiger partial charge on any atom is 0.164 e. The average molecular weight is 263 g/mol. The quantitative estimate of drug-likeness (QED) is 0.794. The summed E-state index contributed by atoms with van der Waals surface area (Å²) in [5.41, 5.74) is 2.00. The molecule has 0 aliphatic heterocycles. The molecule has 1 saturated carbocycles. The second-order valence-corrected chi connectivity index (χ2v) is 5.09. The molecule has 5 heteroatoms. The van der Waals surface area contributed by atoms with Gasteiger partial charge < -0.3 is 0 Å². The summed E-state index contributed by atoms with van der Waals surface area (Å²) in [5.74, 6) is 1.27. The topological polar surface area (TPSA) is 43.6 Å². The first-order valence-electron chi connectivity index (χ1n) is 6.33. The normalized spacial score (nSPS) is 15.0. The van der Waals surface area contributed by atoms with Crippen LogP contribution in [0.1, 0.15) is 37.8 Å². The fourth-order valence-corrected chi connectivity index (χ4v) is 2.17. The highest BCUT2D eigenvalue weighted by Gasteiger charge is 2.26. The van der Waals surface area contributed by atoms with Crippen LogP contribution in [0.15, 0.2) is 18.5 Å². The predicted octanol–water partition coefficient (Wildman–Crippen LogP) is 3.28. The monoisotopic (exact) mass is 262 g/mol. The van der Waals surface area contributed by atoms with Gasteiger partial charge in [0.25, 0.3) is 0 Å². The zero-order valence-corrected chi connectivity index (χ0v) is 11.1. The lowest BCUT2D eigenvalue weighted by atomic mass is 10.2. The molecule has 2 aromatic rings. The fourth-order valence-electron chi connectivity index (χ4n) is 1.98. The van der Waals surface area contributed by atoms with Crippen molar-refractivity contribution in [2.75, 3.05) is 0 Å². The van der Waals surface area contributed by atoms with E-state index >= 15 is 0 Å². The number of nitrogens with zero attached hydrogens (tertiary/aromatic N) is 4. The van der Waals surface area contributed by atoms with E-state index in [0.29, 0.717) is 16.9 Å². The van der Waals surface area contributed by atoms with Gasteiger partial charge in [-0.25, -0.2) is 9.97 Å². The van der Waals surface area contributed by atoms with Gasteiger partial charge in [-0.05, 0) is 25.3 Å². The Labute approximate surface area is 111 Å². The molecule has 4 nitrogen and oxygen atoms in total. The van der Waals surface area contributed by atoms with E-state index in [4.69, 9.17) is 11.6 Å². The lowest BCUT2D eigenvalue weighted by molar-refractivity contribution is 0.603. The van der Waals surface area contributed by atoms with Gasteiger partial charge in [-0.2, -0.15) is 5.10 Å². The SMILES string of the molecule is CCCn1cc(-c2nc(Cl)cc(C3CC3)n2)cn1. The molecule has 3 rings (SSSR count). The van der Waals surface area contributed by atoms with E-state index in [2.05, 4.69) is 22.0 Å². The first-order valence-corrected chi connectivity index (χ1v) is 6.71. The molecule has 0 amide bonds. The van der Waals surface area contributed by atoms with E-state index in [9.17, 15) is 0 Å². The second kappa shape index (κ2) is 4.69. The van der Waals surface area contributed by atoms with Crippen LogP contribution in [0.4, 0.5) is 0 Å². The molecule has 0 N–H and O–H groups in total. The third kappa shape index (κ3) is 2.38. The summed E-state index contributed by atoms with van der Waals surface area (Å²) >= 11 is 6.06. The number of aryl methyl sites for hydroxylation is 1. The minimum atomic E-state index is 0.519. The number of halogens is 1. The van der Waals surface area contributed by atoms with Crippen LogP contribution in [0.3, 0.4) is 0 Å². The van der Waals surface area contributed by atoms with Crippen LogP contribution in [0.25, 0.3) is 11.4 Å². The van der Waals surface area contributed by atoms with Crippen molar-refractivity contribution in [2.45, 2.75) is 38.6 Å². The Bertz CT molecular complexity index is 560. The van der Waals surface area contributed by atoms with Crippen LogP contribution in [0, 0.1) is 0 Å². The summed E-state index contributed by atoms with van der Waals surface area (Å²) in [7, 11) is 0. The predicted molar refractivity (Wildman–Crippen MR) is 70.5 cm³/mol. The molecular formula is C13H15ClN4. The van der Waals surface area contributed by atoms with E-state index in [1.807, 2.05) is 16.9 Å². The molecule has 2 aromatic heterocycles. The van der Waals surface area contributed by atoms with Gasteiger partial charge in [-0.15, -0.1) is 0 Å². The molecule has 0 bridgehead atoms. The van der Waals surface area contributed by atoms with Gasteiger partial charge in [0.2, 0.25) is 0 Å². The molecule has 1 aliphatic carbocycles. The number of hydrogen-bond donors (Lipinski definition) is 0. The van der Waals surface area contributed by atoms with Crippen LogP contribution in [-0.4, -0.2) is 19.7 Å². The lowest BCUT2D eigenvalue weighted by Crippen LogP contribution is -1.96. The van der Waals surface area contributed by atoms with Crippen LogP contribution in [0.5, 0.6) is 0 Å². The minimum absolute atomic E-state index is 0.519. The fraction of sp³-hybridized carbons (Fsp3) is 0.462. The summed E-state index contributed by atoms with van der Waals surface area (Å²) in [6, 6.07) is 1.87. The van der Waals surface area contributed by atoms with E-state index in [1.165, 1.54) is 12.8 Å². The van der Waals surface area contributed by atoms with Gasteiger partial charge in [-0.3, -0.25) is 4.68 Å². The van der Waals surface area contributed by atoms with Crippen molar-refractivity contribution in [3.63, 3.8) is 0 Å². The smallest absolute Gasteiger partial charge is 0.164 e. The van der Waals surface area contributed by atoms with E-state index in [0.717, 1.165) is 24.2 Å². The van der Waals surface area contributed by atoms with Crippen LogP contribution < -0.4 is 0 Å². The molecule has 0 atom stereocenters. The largest absolute Gasteiger partial charge is 0.272 e. The third-order valence-corrected chi connectivity index (χ3v) is 3.25. The molecule has 0 saturated heterocycles. The molecule has 1 aliphatic rings. The Balaban J connectivity index is 1.94. The van der Waals surface area contributed by atoms with Gasteiger partial charge in [0, 0.05) is 24.4 Å². The standard InChI is InChI=1S/C13H15ClN4/c1-2-5-18-8-10(7-15-18)13-16-11(9-3-4-9)6-12(14)17-13/h6-9H,2-5H2,1H3. The Morgan fingerprint density at radius 1 is 1.39 bits per heavy atom. The van der Waals surface area contributed by atoms with Crippen molar-refractivity contribution in [1.29, 1.82) is 0 Å². The summed E-state index contributed by atoms with van der Waals surface area (Å²) in [4.78, 5) is 8.88. The average Bonchev–Trinajstić information content (AvgIpc) is 3.10. The first kappa shape index (κ1) is 11.7. The molecule has 0 unspecified atom stereocenters. The maximum absolute atomic E-state index is 6.06. The van der Waals surface area contributed by atoms with Gasteiger partial charge in [0.15, 0.2) is 5.82 Å². The molecule has 0 spiro atoms.